The van der Waals surface area contributed by atoms with Crippen LogP contribution >= 0.6 is 0 Å². The highest BCUT2D eigenvalue weighted by Crippen LogP contribution is 2.27. The van der Waals surface area contributed by atoms with E-state index in [1.54, 1.807) is 0 Å². The van der Waals surface area contributed by atoms with Crippen molar-refractivity contribution in [3.05, 3.63) is 0 Å². The van der Waals surface area contributed by atoms with Crippen molar-refractivity contribution in [1.29, 1.82) is 0 Å². The number of nitrogens with zero attached hydrogens (tertiary/aromatic N) is 1. The first-order valence-corrected chi connectivity index (χ1v) is 7.72. The molecule has 2 aliphatic rings. The maximum absolute atomic E-state index is 5.86. The summed E-state index contributed by atoms with van der Waals surface area (Å²) in [5.74, 6) is 0.727. The Morgan fingerprint density at radius 1 is 1.11 bits per heavy atom. The van der Waals surface area contributed by atoms with Crippen LogP contribution in [-0.4, -0.2) is 42.2 Å². The first-order valence-electron chi connectivity index (χ1n) is 7.72. The first kappa shape index (κ1) is 14.3. The van der Waals surface area contributed by atoms with Gasteiger partial charge in [-0.25, -0.2) is 0 Å². The van der Waals surface area contributed by atoms with E-state index in [4.69, 9.17) is 5.73 Å². The van der Waals surface area contributed by atoms with Crippen LogP contribution in [0.25, 0.3) is 0 Å². The number of nitrogens with one attached hydrogen (secondary N) is 1. The molecular formula is C15H31N3. The van der Waals surface area contributed by atoms with E-state index in [1.165, 1.54) is 45.2 Å². The summed E-state index contributed by atoms with van der Waals surface area (Å²) >= 11 is 0. The number of likely N-dealkylation sites (tertiary alicyclic amines) is 1. The van der Waals surface area contributed by atoms with E-state index in [9.17, 15) is 0 Å². The second-order valence-electron chi connectivity index (χ2n) is 7.13. The van der Waals surface area contributed by atoms with Crippen molar-refractivity contribution in [3.63, 3.8) is 0 Å². The standard InChI is InChI=1S/C15H31N3/c1-15(2,3)18-9-7-13(8-10-18)17-14-6-4-5-12(14)11-16/h12-14,17H,4-11,16H2,1-3H3. The molecule has 106 valence electrons. The lowest BCUT2D eigenvalue weighted by Crippen LogP contribution is -2.52. The summed E-state index contributed by atoms with van der Waals surface area (Å²) < 4.78 is 0. The highest BCUT2D eigenvalue weighted by Gasteiger charge is 2.31. The third-order valence-corrected chi connectivity index (χ3v) is 4.86. The smallest absolute Gasteiger partial charge is 0.0125 e. The zero-order valence-corrected chi connectivity index (χ0v) is 12.4. The Morgan fingerprint density at radius 2 is 1.78 bits per heavy atom. The van der Waals surface area contributed by atoms with Crippen LogP contribution < -0.4 is 11.1 Å². The zero-order valence-electron chi connectivity index (χ0n) is 12.4. The van der Waals surface area contributed by atoms with Gasteiger partial charge < -0.3 is 11.1 Å². The summed E-state index contributed by atoms with van der Waals surface area (Å²) in [4.78, 5) is 2.61. The van der Waals surface area contributed by atoms with Crippen LogP contribution in [0.5, 0.6) is 0 Å². The van der Waals surface area contributed by atoms with Crippen LogP contribution in [0.2, 0.25) is 0 Å². The van der Waals surface area contributed by atoms with E-state index in [-0.39, 0.29) is 0 Å². The molecule has 1 heterocycles. The molecular weight excluding hydrogens is 222 g/mol. The van der Waals surface area contributed by atoms with Gasteiger partial charge in [-0.2, -0.15) is 0 Å². The van der Waals surface area contributed by atoms with Crippen LogP contribution in [0.4, 0.5) is 0 Å². The molecule has 2 atom stereocenters. The molecule has 0 spiro atoms. The molecule has 3 N–H and O–H groups in total. The van der Waals surface area contributed by atoms with Gasteiger partial charge in [-0.1, -0.05) is 6.42 Å². The fourth-order valence-electron chi connectivity index (χ4n) is 3.56. The van der Waals surface area contributed by atoms with Crippen LogP contribution in [0.3, 0.4) is 0 Å². The molecule has 1 aliphatic heterocycles. The molecule has 1 aliphatic carbocycles. The highest BCUT2D eigenvalue weighted by molar-refractivity contribution is 4.90. The minimum atomic E-state index is 0.331. The molecule has 2 fully saturated rings. The van der Waals surface area contributed by atoms with E-state index >= 15 is 0 Å². The second kappa shape index (κ2) is 5.89. The van der Waals surface area contributed by atoms with Gasteiger partial charge in [0, 0.05) is 30.7 Å². The maximum atomic E-state index is 5.86. The number of piperidine rings is 1. The van der Waals surface area contributed by atoms with Crippen molar-refractivity contribution in [2.45, 2.75) is 70.5 Å². The molecule has 3 heteroatoms. The van der Waals surface area contributed by atoms with Gasteiger partial charge in [0.2, 0.25) is 0 Å². The van der Waals surface area contributed by atoms with Gasteiger partial charge >= 0.3 is 0 Å². The van der Waals surface area contributed by atoms with Crippen molar-refractivity contribution in [3.8, 4) is 0 Å². The third kappa shape index (κ3) is 3.46. The van der Waals surface area contributed by atoms with Crippen molar-refractivity contribution >= 4 is 0 Å². The SMILES string of the molecule is CC(C)(C)N1CCC(NC2CCCC2CN)CC1. The molecule has 0 aromatic rings. The van der Waals surface area contributed by atoms with Gasteiger partial charge in [0.15, 0.2) is 0 Å². The Hall–Kier alpha value is -0.120. The number of hydrogen-bond donors (Lipinski definition) is 2. The van der Waals surface area contributed by atoms with E-state index < -0.39 is 0 Å². The number of hydrogen-bond acceptors (Lipinski definition) is 3. The molecule has 0 amide bonds. The predicted molar refractivity (Wildman–Crippen MR) is 77.7 cm³/mol. The summed E-state index contributed by atoms with van der Waals surface area (Å²) in [7, 11) is 0. The largest absolute Gasteiger partial charge is 0.330 e. The molecule has 0 aromatic heterocycles. The molecule has 1 saturated heterocycles. The van der Waals surface area contributed by atoms with E-state index in [0.29, 0.717) is 11.6 Å². The Kier molecular flexibility index (Phi) is 4.68. The Balaban J connectivity index is 1.77. The lowest BCUT2D eigenvalue weighted by molar-refractivity contribution is 0.0924. The van der Waals surface area contributed by atoms with Gasteiger partial charge in [-0.15, -0.1) is 0 Å². The van der Waals surface area contributed by atoms with Crippen LogP contribution in [0.1, 0.15) is 52.9 Å². The number of rotatable bonds is 3. The molecule has 0 bridgehead atoms. The van der Waals surface area contributed by atoms with Crippen molar-refractivity contribution in [2.75, 3.05) is 19.6 Å². The van der Waals surface area contributed by atoms with Crippen LogP contribution in [0.15, 0.2) is 0 Å². The monoisotopic (exact) mass is 253 g/mol. The molecule has 0 aromatic carbocycles. The minimum absolute atomic E-state index is 0.331. The van der Waals surface area contributed by atoms with Gasteiger partial charge in [0.1, 0.15) is 0 Å². The topological polar surface area (TPSA) is 41.3 Å². The van der Waals surface area contributed by atoms with E-state index in [2.05, 4.69) is 31.0 Å². The van der Waals surface area contributed by atoms with Gasteiger partial charge in [0.05, 0.1) is 0 Å². The van der Waals surface area contributed by atoms with E-state index in [0.717, 1.165) is 18.5 Å². The average Bonchev–Trinajstić information content (AvgIpc) is 2.76. The Labute approximate surface area is 112 Å². The second-order valence-corrected chi connectivity index (χ2v) is 7.13. The van der Waals surface area contributed by atoms with E-state index in [1.807, 2.05) is 0 Å². The molecule has 0 radical (unpaired) electrons. The van der Waals surface area contributed by atoms with Crippen LogP contribution in [-0.2, 0) is 0 Å². The summed E-state index contributed by atoms with van der Waals surface area (Å²) in [5.41, 5.74) is 6.19. The van der Waals surface area contributed by atoms with Crippen LogP contribution in [0, 0.1) is 5.92 Å². The molecule has 2 unspecified atom stereocenters. The van der Waals surface area contributed by atoms with Gasteiger partial charge in [-0.3, -0.25) is 4.90 Å². The summed E-state index contributed by atoms with van der Waals surface area (Å²) in [6, 6.07) is 1.42. The Bertz CT molecular complexity index is 251. The fraction of sp³-hybridized carbons (Fsp3) is 1.00. The van der Waals surface area contributed by atoms with Crippen molar-refractivity contribution in [2.24, 2.45) is 11.7 Å². The number of nitrogens with two attached hydrogens (primary N) is 1. The normalized spacial score (nSPS) is 32.0. The highest BCUT2D eigenvalue weighted by atomic mass is 15.2. The quantitative estimate of drug-likeness (QED) is 0.808. The van der Waals surface area contributed by atoms with Crippen molar-refractivity contribution < 1.29 is 0 Å². The molecule has 18 heavy (non-hydrogen) atoms. The third-order valence-electron chi connectivity index (χ3n) is 4.86. The van der Waals surface area contributed by atoms with Gasteiger partial charge in [0.25, 0.3) is 0 Å². The first-order chi connectivity index (χ1) is 8.50. The maximum Gasteiger partial charge on any atom is 0.0125 e. The summed E-state index contributed by atoms with van der Waals surface area (Å²) in [6.07, 6.45) is 6.62. The van der Waals surface area contributed by atoms with Gasteiger partial charge in [-0.05, 0) is 58.9 Å². The fourth-order valence-corrected chi connectivity index (χ4v) is 3.56. The molecule has 3 nitrogen and oxygen atoms in total. The summed E-state index contributed by atoms with van der Waals surface area (Å²) in [5, 5.41) is 3.88. The Morgan fingerprint density at radius 3 is 2.33 bits per heavy atom. The summed E-state index contributed by atoms with van der Waals surface area (Å²) in [6.45, 7) is 10.3. The lowest BCUT2D eigenvalue weighted by Gasteiger charge is -2.42. The average molecular weight is 253 g/mol. The molecule has 2 rings (SSSR count). The lowest BCUT2D eigenvalue weighted by atomic mass is 9.96. The van der Waals surface area contributed by atoms with Crippen molar-refractivity contribution in [1.82, 2.24) is 10.2 Å². The zero-order chi connectivity index (χ0) is 13.2. The predicted octanol–water partition coefficient (Wildman–Crippen LogP) is 1.97. The minimum Gasteiger partial charge on any atom is -0.330 e. The molecule has 1 saturated carbocycles.